The van der Waals surface area contributed by atoms with E-state index in [1.807, 2.05) is 25.1 Å². The molecule has 3 fully saturated rings. The van der Waals surface area contributed by atoms with Gasteiger partial charge in [0, 0.05) is 40.7 Å². The molecule has 2 amide bonds. The minimum absolute atomic E-state index is 0.0880. The number of aryl methyl sites for hydroxylation is 1. The van der Waals surface area contributed by atoms with Gasteiger partial charge in [-0.1, -0.05) is 11.8 Å². The third kappa shape index (κ3) is 6.55. The van der Waals surface area contributed by atoms with Crippen LogP contribution in [0.5, 0.6) is 11.5 Å². The number of nitrogens with one attached hydrogen (secondary N) is 1. The van der Waals surface area contributed by atoms with E-state index in [-0.39, 0.29) is 18.9 Å². The molecule has 252 valence electrons. The van der Waals surface area contributed by atoms with Gasteiger partial charge in [0.1, 0.15) is 45.6 Å². The van der Waals surface area contributed by atoms with Gasteiger partial charge in [-0.15, -0.1) is 17.9 Å². The van der Waals surface area contributed by atoms with Crippen molar-refractivity contribution in [3.63, 3.8) is 0 Å². The van der Waals surface area contributed by atoms with Crippen molar-refractivity contribution in [3.05, 3.63) is 65.1 Å². The van der Waals surface area contributed by atoms with Crippen LogP contribution in [0.15, 0.2) is 53.8 Å². The van der Waals surface area contributed by atoms with E-state index < -0.39 is 35.2 Å². The highest BCUT2D eigenvalue weighted by Crippen LogP contribution is 2.46. The Kier molecular flexibility index (Phi) is 8.82. The first-order valence-electron chi connectivity index (χ1n) is 15.9. The number of thiazole rings is 1. The molecular formula is C36H40N4O7S. The summed E-state index contributed by atoms with van der Waals surface area (Å²) in [5.74, 6) is 0.491. The van der Waals surface area contributed by atoms with Crippen LogP contribution in [0.3, 0.4) is 0 Å². The number of aromatic nitrogens is 2. The van der Waals surface area contributed by atoms with Crippen molar-refractivity contribution in [1.82, 2.24) is 20.2 Å². The van der Waals surface area contributed by atoms with Gasteiger partial charge >= 0.3 is 12.1 Å². The maximum Gasteiger partial charge on any atom is 0.411 e. The number of pyridine rings is 1. The predicted octanol–water partition coefficient (Wildman–Crippen LogP) is 6.21. The van der Waals surface area contributed by atoms with Gasteiger partial charge in [-0.25, -0.2) is 19.6 Å². The minimum atomic E-state index is -1.20. The van der Waals surface area contributed by atoms with Crippen LogP contribution in [0.1, 0.15) is 63.6 Å². The number of likely N-dealkylation sites (tertiary alicyclic amines) is 1. The Balaban J connectivity index is 1.30. The van der Waals surface area contributed by atoms with E-state index in [4.69, 9.17) is 28.9 Å². The number of benzene rings is 1. The number of fused-ring (bicyclic) bond motifs is 1. The molecule has 11 nitrogen and oxygen atoms in total. The number of rotatable bonds is 9. The zero-order chi connectivity index (χ0) is 34.4. The molecule has 48 heavy (non-hydrogen) atoms. The molecule has 3 atom stereocenters. The standard InChI is InChI=1S/C36H40N4O7S/c1-8-23-17-36(23,33(42)45-7)39-31(41)27-15-21(18-40(27)34(43)47-35(3,4)5)13-14-46-29-16-25(32-38-26(19-48-32)22-9-10-22)37-30-20(2)28(44-6)12-11-24(29)30/h8,11-12,14,16,19,22-23,27H,1,9-10,15,17-18H2,2-7H3,(H,39,41)/t13?,23-,27+,36?/m1/s1. The lowest BCUT2D eigenvalue weighted by Gasteiger charge is -2.28. The second-order valence-electron chi connectivity index (χ2n) is 13.5. The van der Waals surface area contributed by atoms with Crippen LogP contribution in [0.4, 0.5) is 4.79 Å². The third-order valence-corrected chi connectivity index (χ3v) is 9.74. The average molecular weight is 673 g/mol. The van der Waals surface area contributed by atoms with E-state index in [0.717, 1.165) is 40.0 Å². The number of carbonyl (C=O) groups is 3. The quantitative estimate of drug-likeness (QED) is 0.122. The summed E-state index contributed by atoms with van der Waals surface area (Å²) >= 11 is 1.56. The largest absolute Gasteiger partial charge is 0.496 e. The summed E-state index contributed by atoms with van der Waals surface area (Å²) in [7, 11) is 2.90. The van der Waals surface area contributed by atoms with Gasteiger partial charge in [-0.2, -0.15) is 0 Å². The molecule has 2 aromatic heterocycles. The van der Waals surface area contributed by atoms with Crippen LogP contribution < -0.4 is 14.8 Å². The normalized spacial score (nSPS) is 21.7. The second kappa shape index (κ2) is 12.7. The van der Waals surface area contributed by atoms with Crippen molar-refractivity contribution in [1.29, 1.82) is 0 Å². The summed E-state index contributed by atoms with van der Waals surface area (Å²) in [5.41, 5.74) is 5.23. The first kappa shape index (κ1) is 33.2. The van der Waals surface area contributed by atoms with Gasteiger partial charge in [-0.3, -0.25) is 9.69 Å². The molecule has 6 rings (SSSR count). The van der Waals surface area contributed by atoms with E-state index in [9.17, 15) is 14.4 Å². The van der Waals surface area contributed by atoms with Crippen molar-refractivity contribution in [2.24, 2.45) is 5.92 Å². The molecule has 0 bridgehead atoms. The van der Waals surface area contributed by atoms with Crippen LogP contribution >= 0.6 is 11.3 Å². The van der Waals surface area contributed by atoms with Gasteiger partial charge in [0.15, 0.2) is 0 Å². The fourth-order valence-electron chi connectivity index (χ4n) is 6.02. The van der Waals surface area contributed by atoms with Crippen molar-refractivity contribution >= 4 is 40.2 Å². The fourth-order valence-corrected chi connectivity index (χ4v) is 6.88. The van der Waals surface area contributed by atoms with Crippen LogP contribution in [0, 0.1) is 12.8 Å². The van der Waals surface area contributed by atoms with Gasteiger partial charge in [0.25, 0.3) is 0 Å². The SMILES string of the molecule is C=C[C@@H]1CC1(NC(=O)[C@@H]1CC(=C=COc2cc(-c3nc(C4CC4)cs3)nc3c(C)c(OC)ccc23)CN1C(=O)OC(C)(C)C)C(=O)OC. The molecule has 3 aliphatic rings. The van der Waals surface area contributed by atoms with Crippen LogP contribution in [-0.4, -0.2) is 70.8 Å². The number of esters is 1. The Labute approximate surface area is 283 Å². The molecule has 1 N–H and O–H groups in total. The number of amides is 2. The number of ether oxygens (including phenoxy) is 4. The molecule has 1 aromatic carbocycles. The predicted molar refractivity (Wildman–Crippen MR) is 181 cm³/mol. The summed E-state index contributed by atoms with van der Waals surface area (Å²) in [5, 5.41) is 6.53. The number of methoxy groups -OCH3 is 2. The first-order valence-corrected chi connectivity index (χ1v) is 16.8. The third-order valence-electron chi connectivity index (χ3n) is 8.86. The maximum atomic E-state index is 13.6. The summed E-state index contributed by atoms with van der Waals surface area (Å²) in [6.45, 7) is 11.1. The van der Waals surface area contributed by atoms with E-state index in [2.05, 4.69) is 23.0 Å². The Morgan fingerprint density at radius 3 is 2.58 bits per heavy atom. The Bertz CT molecular complexity index is 1870. The molecule has 2 aliphatic carbocycles. The molecule has 1 unspecified atom stereocenters. The number of hydrogen-bond acceptors (Lipinski definition) is 10. The highest BCUT2D eigenvalue weighted by molar-refractivity contribution is 7.13. The van der Waals surface area contributed by atoms with Crippen LogP contribution in [0.25, 0.3) is 21.6 Å². The van der Waals surface area contributed by atoms with Gasteiger partial charge in [0.05, 0.1) is 32.0 Å². The lowest BCUT2D eigenvalue weighted by molar-refractivity contribution is -0.147. The maximum absolute atomic E-state index is 13.6. The first-order chi connectivity index (χ1) is 22.9. The summed E-state index contributed by atoms with van der Waals surface area (Å²) in [4.78, 5) is 50.7. The fraction of sp³-hybridized carbons (Fsp3) is 0.444. The van der Waals surface area contributed by atoms with E-state index in [1.54, 1.807) is 45.3 Å². The molecule has 1 saturated heterocycles. The average Bonchev–Trinajstić information content (AvgIpc) is 3.92. The summed E-state index contributed by atoms with van der Waals surface area (Å²) < 4.78 is 22.4. The topological polar surface area (TPSA) is 129 Å². The van der Waals surface area contributed by atoms with Crippen molar-refractivity contribution in [3.8, 4) is 22.2 Å². The van der Waals surface area contributed by atoms with Gasteiger partial charge in [0.2, 0.25) is 5.91 Å². The Morgan fingerprint density at radius 2 is 1.94 bits per heavy atom. The molecule has 1 aliphatic heterocycles. The van der Waals surface area contributed by atoms with Crippen molar-refractivity contribution in [2.45, 2.75) is 76.5 Å². The number of nitrogens with zero attached hydrogens (tertiary/aromatic N) is 3. The summed E-state index contributed by atoms with van der Waals surface area (Å²) in [6.07, 6.45) is 5.27. The van der Waals surface area contributed by atoms with Crippen LogP contribution in [-0.2, 0) is 19.1 Å². The number of carbonyl (C=O) groups excluding carboxylic acids is 3. The molecule has 0 radical (unpaired) electrons. The number of hydrogen-bond donors (Lipinski definition) is 1. The van der Waals surface area contributed by atoms with E-state index in [1.165, 1.54) is 18.3 Å². The highest BCUT2D eigenvalue weighted by atomic mass is 32.1. The van der Waals surface area contributed by atoms with Gasteiger partial charge < -0.3 is 24.3 Å². The monoisotopic (exact) mass is 672 g/mol. The Morgan fingerprint density at radius 1 is 1.17 bits per heavy atom. The zero-order valence-corrected chi connectivity index (χ0v) is 28.9. The lowest BCUT2D eigenvalue weighted by atomic mass is 10.1. The second-order valence-corrected chi connectivity index (χ2v) is 14.3. The summed E-state index contributed by atoms with van der Waals surface area (Å²) in [6, 6.07) is 4.71. The lowest BCUT2D eigenvalue weighted by Crippen LogP contribution is -2.53. The smallest absolute Gasteiger partial charge is 0.411 e. The van der Waals surface area contributed by atoms with E-state index in [0.29, 0.717) is 35.1 Å². The molecule has 12 heteroatoms. The highest BCUT2D eigenvalue weighted by Gasteiger charge is 2.61. The van der Waals surface area contributed by atoms with Crippen LogP contribution in [0.2, 0.25) is 0 Å². The molecule has 3 heterocycles. The van der Waals surface area contributed by atoms with Crippen molar-refractivity contribution in [2.75, 3.05) is 20.8 Å². The molecular weight excluding hydrogens is 632 g/mol. The minimum Gasteiger partial charge on any atom is -0.496 e. The van der Waals surface area contributed by atoms with E-state index >= 15 is 0 Å². The molecule has 3 aromatic rings. The van der Waals surface area contributed by atoms with Gasteiger partial charge in [-0.05, 0) is 64.7 Å². The molecule has 2 saturated carbocycles. The Hall–Kier alpha value is -4.67. The zero-order valence-electron chi connectivity index (χ0n) is 28.0. The van der Waals surface area contributed by atoms with Crippen molar-refractivity contribution < 1.29 is 33.3 Å². The molecule has 0 spiro atoms.